The fourth-order valence-corrected chi connectivity index (χ4v) is 2.82. The van der Waals surface area contributed by atoms with E-state index in [-0.39, 0.29) is 5.91 Å². The lowest BCUT2D eigenvalue weighted by atomic mass is 10.1. The van der Waals surface area contributed by atoms with Crippen LogP contribution in [0.4, 0.5) is 0 Å². The van der Waals surface area contributed by atoms with Crippen molar-refractivity contribution in [2.45, 2.75) is 33.4 Å². The van der Waals surface area contributed by atoms with Crippen molar-refractivity contribution in [3.8, 4) is 5.75 Å². The normalized spacial score (nSPS) is 10.6. The van der Waals surface area contributed by atoms with Crippen LogP contribution in [0.3, 0.4) is 0 Å². The molecule has 0 fully saturated rings. The Labute approximate surface area is 159 Å². The van der Waals surface area contributed by atoms with Crippen LogP contribution in [-0.4, -0.2) is 28.0 Å². The highest BCUT2D eigenvalue weighted by atomic mass is 16.5. The predicted molar refractivity (Wildman–Crippen MR) is 104 cm³/mol. The number of nitrogens with one attached hydrogen (secondary N) is 1. The van der Waals surface area contributed by atoms with E-state index >= 15 is 0 Å². The van der Waals surface area contributed by atoms with Gasteiger partial charge in [-0.05, 0) is 42.2 Å². The predicted octanol–water partition coefficient (Wildman–Crippen LogP) is 3.14. The van der Waals surface area contributed by atoms with Crippen molar-refractivity contribution in [2.75, 3.05) is 7.11 Å². The van der Waals surface area contributed by atoms with E-state index in [0.717, 1.165) is 29.0 Å². The first-order valence-electron chi connectivity index (χ1n) is 8.99. The summed E-state index contributed by atoms with van der Waals surface area (Å²) >= 11 is 0. The summed E-state index contributed by atoms with van der Waals surface area (Å²) < 4.78 is 6.95. The van der Waals surface area contributed by atoms with Gasteiger partial charge in [0, 0.05) is 6.54 Å². The molecule has 6 heteroatoms. The van der Waals surface area contributed by atoms with E-state index < -0.39 is 0 Å². The lowest BCUT2D eigenvalue weighted by Crippen LogP contribution is -2.24. The van der Waals surface area contributed by atoms with Crippen LogP contribution < -0.4 is 10.1 Å². The van der Waals surface area contributed by atoms with Gasteiger partial charge in [-0.3, -0.25) is 4.79 Å². The molecule has 0 unspecified atom stereocenters. The molecule has 0 radical (unpaired) electrons. The summed E-state index contributed by atoms with van der Waals surface area (Å²) in [6.07, 6.45) is 1.01. The Morgan fingerprint density at radius 1 is 1.11 bits per heavy atom. The number of aryl methyl sites for hydroxylation is 1. The first-order valence-corrected chi connectivity index (χ1v) is 8.99. The summed E-state index contributed by atoms with van der Waals surface area (Å²) in [7, 11) is 1.62. The minimum atomic E-state index is -0.233. The lowest BCUT2D eigenvalue weighted by molar-refractivity contribution is 0.0945. The van der Waals surface area contributed by atoms with Gasteiger partial charge in [0.15, 0.2) is 5.69 Å². The highest BCUT2D eigenvalue weighted by molar-refractivity contribution is 5.93. The number of methoxy groups -OCH3 is 1. The van der Waals surface area contributed by atoms with Gasteiger partial charge in [0.2, 0.25) is 0 Å². The molecule has 0 spiro atoms. The van der Waals surface area contributed by atoms with Crippen molar-refractivity contribution in [1.29, 1.82) is 0 Å². The standard InChI is InChI=1S/C21H24N4O2/c1-4-16-8-10-17(11-9-16)14-25-15(2)20(23-24-25)21(26)22-13-18-6-5-7-19(12-18)27-3/h5-12H,4,13-14H2,1-3H3,(H,22,26). The van der Waals surface area contributed by atoms with Crippen LogP contribution in [0.2, 0.25) is 0 Å². The Hall–Kier alpha value is -3.15. The lowest BCUT2D eigenvalue weighted by Gasteiger charge is -2.07. The molecule has 3 rings (SSSR count). The molecular formula is C21H24N4O2. The SMILES string of the molecule is CCc1ccc(Cn2nnc(C(=O)NCc3cccc(OC)c3)c2C)cc1. The number of nitrogens with zero attached hydrogens (tertiary/aromatic N) is 3. The third-order valence-corrected chi connectivity index (χ3v) is 4.55. The molecule has 0 aliphatic rings. The molecule has 0 aliphatic heterocycles. The second-order valence-corrected chi connectivity index (χ2v) is 6.39. The van der Waals surface area contributed by atoms with Crippen molar-refractivity contribution in [2.24, 2.45) is 0 Å². The summed E-state index contributed by atoms with van der Waals surface area (Å²) in [5, 5.41) is 11.1. The number of rotatable bonds is 7. The molecule has 0 bridgehead atoms. The summed E-state index contributed by atoms with van der Waals surface area (Å²) in [6.45, 7) is 4.99. The number of benzene rings is 2. The first-order chi connectivity index (χ1) is 13.1. The van der Waals surface area contributed by atoms with E-state index in [9.17, 15) is 4.79 Å². The average Bonchev–Trinajstić information content (AvgIpc) is 3.07. The monoisotopic (exact) mass is 364 g/mol. The molecule has 0 saturated carbocycles. The molecule has 1 N–H and O–H groups in total. The molecule has 3 aromatic rings. The Balaban J connectivity index is 1.65. The van der Waals surface area contributed by atoms with E-state index in [1.165, 1.54) is 5.56 Å². The van der Waals surface area contributed by atoms with Gasteiger partial charge in [-0.1, -0.05) is 48.5 Å². The molecule has 0 aliphatic carbocycles. The second kappa shape index (κ2) is 8.49. The molecule has 140 valence electrons. The van der Waals surface area contributed by atoms with Crippen molar-refractivity contribution < 1.29 is 9.53 Å². The Morgan fingerprint density at radius 2 is 1.85 bits per heavy atom. The molecule has 27 heavy (non-hydrogen) atoms. The van der Waals surface area contributed by atoms with Gasteiger partial charge in [0.25, 0.3) is 5.91 Å². The minimum absolute atomic E-state index is 0.233. The minimum Gasteiger partial charge on any atom is -0.497 e. The maximum atomic E-state index is 12.5. The number of aromatic nitrogens is 3. The van der Waals surface area contributed by atoms with Crippen molar-refractivity contribution in [3.63, 3.8) is 0 Å². The number of carbonyl (C=O) groups excluding carboxylic acids is 1. The molecule has 0 atom stereocenters. The van der Waals surface area contributed by atoms with E-state index in [0.29, 0.717) is 18.8 Å². The summed E-state index contributed by atoms with van der Waals surface area (Å²) in [5.74, 6) is 0.529. The smallest absolute Gasteiger partial charge is 0.274 e. The van der Waals surface area contributed by atoms with Crippen LogP contribution in [0.1, 0.15) is 39.8 Å². The zero-order valence-electron chi connectivity index (χ0n) is 15.9. The van der Waals surface area contributed by atoms with Gasteiger partial charge in [-0.25, -0.2) is 4.68 Å². The number of hydrogen-bond acceptors (Lipinski definition) is 4. The third-order valence-electron chi connectivity index (χ3n) is 4.55. The number of hydrogen-bond donors (Lipinski definition) is 1. The second-order valence-electron chi connectivity index (χ2n) is 6.39. The maximum Gasteiger partial charge on any atom is 0.274 e. The molecule has 2 aromatic carbocycles. The van der Waals surface area contributed by atoms with Gasteiger partial charge >= 0.3 is 0 Å². The van der Waals surface area contributed by atoms with E-state index in [4.69, 9.17) is 4.74 Å². The van der Waals surface area contributed by atoms with Gasteiger partial charge in [-0.2, -0.15) is 0 Å². The Bertz CT molecular complexity index is 916. The number of amides is 1. The largest absolute Gasteiger partial charge is 0.497 e. The van der Waals surface area contributed by atoms with E-state index in [2.05, 4.69) is 46.8 Å². The molecule has 0 saturated heterocycles. The van der Waals surface area contributed by atoms with Gasteiger partial charge in [0.1, 0.15) is 5.75 Å². The van der Waals surface area contributed by atoms with Crippen molar-refractivity contribution in [1.82, 2.24) is 20.3 Å². The Kier molecular flexibility index (Phi) is 5.86. The summed E-state index contributed by atoms with van der Waals surface area (Å²) in [6, 6.07) is 16.0. The van der Waals surface area contributed by atoms with Gasteiger partial charge in [0.05, 0.1) is 19.3 Å². The molecule has 1 heterocycles. The Morgan fingerprint density at radius 3 is 2.56 bits per heavy atom. The highest BCUT2D eigenvalue weighted by Gasteiger charge is 2.16. The molecule has 6 nitrogen and oxygen atoms in total. The van der Waals surface area contributed by atoms with Crippen LogP contribution in [0.5, 0.6) is 5.75 Å². The zero-order chi connectivity index (χ0) is 19.2. The van der Waals surface area contributed by atoms with Crippen LogP contribution in [0.15, 0.2) is 48.5 Å². The number of carbonyl (C=O) groups is 1. The van der Waals surface area contributed by atoms with Crippen molar-refractivity contribution in [3.05, 3.63) is 76.6 Å². The fraction of sp³-hybridized carbons (Fsp3) is 0.286. The summed E-state index contributed by atoms with van der Waals surface area (Å²) in [4.78, 5) is 12.5. The van der Waals surface area contributed by atoms with Crippen LogP contribution in [0.25, 0.3) is 0 Å². The van der Waals surface area contributed by atoms with E-state index in [1.807, 2.05) is 31.2 Å². The zero-order valence-corrected chi connectivity index (χ0v) is 15.9. The maximum absolute atomic E-state index is 12.5. The highest BCUT2D eigenvalue weighted by Crippen LogP contribution is 2.13. The van der Waals surface area contributed by atoms with Crippen LogP contribution >= 0.6 is 0 Å². The molecule has 1 aromatic heterocycles. The average molecular weight is 364 g/mol. The third kappa shape index (κ3) is 4.53. The van der Waals surface area contributed by atoms with Gasteiger partial charge in [-0.15, -0.1) is 5.10 Å². The van der Waals surface area contributed by atoms with E-state index in [1.54, 1.807) is 11.8 Å². The van der Waals surface area contributed by atoms with Crippen LogP contribution in [-0.2, 0) is 19.5 Å². The molecular weight excluding hydrogens is 340 g/mol. The topological polar surface area (TPSA) is 69.0 Å². The quantitative estimate of drug-likeness (QED) is 0.699. The molecule has 1 amide bonds. The summed E-state index contributed by atoms with van der Waals surface area (Å²) in [5.41, 5.74) is 4.49. The fourth-order valence-electron chi connectivity index (χ4n) is 2.82. The van der Waals surface area contributed by atoms with Crippen molar-refractivity contribution >= 4 is 5.91 Å². The van der Waals surface area contributed by atoms with Gasteiger partial charge < -0.3 is 10.1 Å². The van der Waals surface area contributed by atoms with Crippen LogP contribution in [0, 0.1) is 6.92 Å². The first kappa shape index (κ1) is 18.6. The number of ether oxygens (including phenoxy) is 1.